The number of hydrogen-bond donors (Lipinski definition) is 1. The van der Waals surface area contributed by atoms with E-state index in [0.29, 0.717) is 17.5 Å². The predicted octanol–water partition coefficient (Wildman–Crippen LogP) is 1.24. The van der Waals surface area contributed by atoms with Gasteiger partial charge in [0.25, 0.3) is 0 Å². The van der Waals surface area contributed by atoms with E-state index in [0.717, 1.165) is 12.0 Å². The van der Waals surface area contributed by atoms with Crippen molar-refractivity contribution in [1.29, 1.82) is 0 Å². The van der Waals surface area contributed by atoms with Gasteiger partial charge in [-0.25, -0.2) is 9.97 Å². The predicted molar refractivity (Wildman–Crippen MR) is 57.3 cm³/mol. The Hall–Kier alpha value is -1.82. The molecule has 2 N–H and O–H groups in total. The number of aryl methyl sites for hydroxylation is 1. The van der Waals surface area contributed by atoms with Gasteiger partial charge in [0.2, 0.25) is 17.5 Å². The van der Waals surface area contributed by atoms with E-state index in [2.05, 4.69) is 20.1 Å². The Balaban J connectivity index is 2.28. The van der Waals surface area contributed by atoms with Gasteiger partial charge in [-0.15, -0.1) is 0 Å². The van der Waals surface area contributed by atoms with Gasteiger partial charge in [0.05, 0.1) is 6.04 Å². The molecule has 2 heterocycles. The average molecular weight is 219 g/mol. The highest BCUT2D eigenvalue weighted by molar-refractivity contribution is 5.41. The standard InChI is InChI=1S/C10H13N5O/c1-3-7(11)10-14-9(15-16-10)8-12-4-6(2)5-13-8/h4-5,7H,3,11H2,1-2H3/t7-/m1/s1. The lowest BCUT2D eigenvalue weighted by Gasteiger charge is -1.98. The second-order valence-corrected chi connectivity index (χ2v) is 3.55. The molecule has 2 aromatic heterocycles. The fraction of sp³-hybridized carbons (Fsp3) is 0.400. The van der Waals surface area contributed by atoms with Crippen molar-refractivity contribution < 1.29 is 4.52 Å². The summed E-state index contributed by atoms with van der Waals surface area (Å²) in [5, 5.41) is 3.79. The summed E-state index contributed by atoms with van der Waals surface area (Å²) in [6, 6.07) is -0.230. The van der Waals surface area contributed by atoms with Crippen LogP contribution in [0.15, 0.2) is 16.9 Å². The van der Waals surface area contributed by atoms with Gasteiger partial charge >= 0.3 is 0 Å². The molecule has 84 valence electrons. The average Bonchev–Trinajstić information content (AvgIpc) is 2.78. The second-order valence-electron chi connectivity index (χ2n) is 3.55. The molecule has 0 aliphatic rings. The first-order valence-corrected chi connectivity index (χ1v) is 5.09. The Labute approximate surface area is 92.9 Å². The molecule has 16 heavy (non-hydrogen) atoms. The molecule has 0 spiro atoms. The maximum Gasteiger partial charge on any atom is 0.243 e. The Morgan fingerprint density at radius 2 is 2.00 bits per heavy atom. The van der Waals surface area contributed by atoms with E-state index in [4.69, 9.17) is 10.3 Å². The van der Waals surface area contributed by atoms with Gasteiger partial charge in [0, 0.05) is 12.4 Å². The molecule has 0 aliphatic heterocycles. The largest absolute Gasteiger partial charge is 0.337 e. The Kier molecular flexibility index (Phi) is 2.91. The van der Waals surface area contributed by atoms with Crippen molar-refractivity contribution in [2.75, 3.05) is 0 Å². The minimum Gasteiger partial charge on any atom is -0.337 e. The number of aromatic nitrogens is 4. The van der Waals surface area contributed by atoms with E-state index in [1.54, 1.807) is 12.4 Å². The molecule has 0 unspecified atom stereocenters. The van der Waals surface area contributed by atoms with E-state index < -0.39 is 0 Å². The molecule has 2 aromatic rings. The molecule has 0 radical (unpaired) electrons. The highest BCUT2D eigenvalue weighted by Gasteiger charge is 2.15. The van der Waals surface area contributed by atoms with E-state index in [1.807, 2.05) is 13.8 Å². The summed E-state index contributed by atoms with van der Waals surface area (Å²) in [5.41, 5.74) is 6.76. The molecule has 0 fully saturated rings. The van der Waals surface area contributed by atoms with Crippen LogP contribution < -0.4 is 5.73 Å². The molecule has 0 aliphatic carbocycles. The molecule has 6 nitrogen and oxygen atoms in total. The van der Waals surface area contributed by atoms with Crippen molar-refractivity contribution in [3.8, 4) is 11.6 Å². The molecule has 6 heteroatoms. The van der Waals surface area contributed by atoms with Gasteiger partial charge in [-0.3, -0.25) is 0 Å². The third kappa shape index (κ3) is 2.06. The smallest absolute Gasteiger partial charge is 0.243 e. The highest BCUT2D eigenvalue weighted by atomic mass is 16.5. The van der Waals surface area contributed by atoms with Gasteiger partial charge in [-0.1, -0.05) is 12.1 Å². The van der Waals surface area contributed by atoms with Crippen LogP contribution >= 0.6 is 0 Å². The third-order valence-electron chi connectivity index (χ3n) is 2.18. The van der Waals surface area contributed by atoms with Crippen molar-refractivity contribution >= 4 is 0 Å². The van der Waals surface area contributed by atoms with Gasteiger partial charge in [0.15, 0.2) is 0 Å². The van der Waals surface area contributed by atoms with Gasteiger partial charge < -0.3 is 10.3 Å². The van der Waals surface area contributed by atoms with E-state index >= 15 is 0 Å². The minimum absolute atomic E-state index is 0.230. The van der Waals surface area contributed by atoms with E-state index in [1.165, 1.54) is 0 Å². The van der Waals surface area contributed by atoms with Crippen molar-refractivity contribution in [2.45, 2.75) is 26.3 Å². The Bertz CT molecular complexity index is 464. The van der Waals surface area contributed by atoms with Crippen LogP contribution in [0, 0.1) is 6.92 Å². The maximum atomic E-state index is 5.77. The summed E-state index contributed by atoms with van der Waals surface area (Å²) in [6.07, 6.45) is 4.16. The number of nitrogens with zero attached hydrogens (tertiary/aromatic N) is 4. The summed E-state index contributed by atoms with van der Waals surface area (Å²) in [4.78, 5) is 12.4. The van der Waals surface area contributed by atoms with Crippen LogP contribution in [0.2, 0.25) is 0 Å². The summed E-state index contributed by atoms with van der Waals surface area (Å²) in [5.74, 6) is 1.24. The zero-order chi connectivity index (χ0) is 11.5. The van der Waals surface area contributed by atoms with Crippen LogP contribution in [0.25, 0.3) is 11.6 Å². The van der Waals surface area contributed by atoms with Gasteiger partial charge in [-0.2, -0.15) is 4.98 Å². The molecular weight excluding hydrogens is 206 g/mol. The van der Waals surface area contributed by atoms with Crippen molar-refractivity contribution in [2.24, 2.45) is 5.73 Å². The fourth-order valence-electron chi connectivity index (χ4n) is 1.16. The first-order valence-electron chi connectivity index (χ1n) is 5.09. The number of nitrogens with two attached hydrogens (primary N) is 1. The molecule has 0 amide bonds. The summed E-state index contributed by atoms with van der Waals surface area (Å²) in [6.45, 7) is 3.87. The molecule has 0 aromatic carbocycles. The summed E-state index contributed by atoms with van der Waals surface area (Å²) < 4.78 is 5.04. The monoisotopic (exact) mass is 219 g/mol. The molecule has 2 rings (SSSR count). The lowest BCUT2D eigenvalue weighted by molar-refractivity contribution is 0.352. The van der Waals surface area contributed by atoms with Crippen LogP contribution in [0.3, 0.4) is 0 Å². The van der Waals surface area contributed by atoms with E-state index in [9.17, 15) is 0 Å². The molecule has 1 atom stereocenters. The molecule has 0 bridgehead atoms. The fourth-order valence-corrected chi connectivity index (χ4v) is 1.16. The normalized spacial score (nSPS) is 12.7. The summed E-state index contributed by atoms with van der Waals surface area (Å²) >= 11 is 0. The van der Waals surface area contributed by atoms with E-state index in [-0.39, 0.29) is 6.04 Å². The van der Waals surface area contributed by atoms with Crippen molar-refractivity contribution in [3.05, 3.63) is 23.8 Å². The van der Waals surface area contributed by atoms with Crippen LogP contribution in [0.4, 0.5) is 0 Å². The lowest BCUT2D eigenvalue weighted by Crippen LogP contribution is -2.08. The van der Waals surface area contributed by atoms with Gasteiger partial charge in [-0.05, 0) is 18.9 Å². The maximum absolute atomic E-state index is 5.77. The first kappa shape index (κ1) is 10.7. The van der Waals surface area contributed by atoms with Crippen molar-refractivity contribution in [1.82, 2.24) is 20.1 Å². The number of hydrogen-bond acceptors (Lipinski definition) is 6. The zero-order valence-corrected chi connectivity index (χ0v) is 9.21. The van der Waals surface area contributed by atoms with Crippen molar-refractivity contribution in [3.63, 3.8) is 0 Å². The zero-order valence-electron chi connectivity index (χ0n) is 9.21. The Morgan fingerprint density at radius 3 is 2.62 bits per heavy atom. The minimum atomic E-state index is -0.230. The quantitative estimate of drug-likeness (QED) is 0.835. The summed E-state index contributed by atoms with van der Waals surface area (Å²) in [7, 11) is 0. The number of rotatable bonds is 3. The molecule has 0 saturated carbocycles. The molecular formula is C10H13N5O. The van der Waals surface area contributed by atoms with Crippen LogP contribution in [0.1, 0.15) is 30.8 Å². The topological polar surface area (TPSA) is 90.7 Å². The lowest BCUT2D eigenvalue weighted by atomic mass is 10.2. The molecule has 0 saturated heterocycles. The first-order chi connectivity index (χ1) is 7.70. The van der Waals surface area contributed by atoms with Crippen LogP contribution in [0.5, 0.6) is 0 Å². The van der Waals surface area contributed by atoms with Gasteiger partial charge in [0.1, 0.15) is 0 Å². The Morgan fingerprint density at radius 1 is 1.31 bits per heavy atom. The third-order valence-corrected chi connectivity index (χ3v) is 2.18. The van der Waals surface area contributed by atoms with Crippen LogP contribution in [-0.2, 0) is 0 Å². The second kappa shape index (κ2) is 4.36. The van der Waals surface area contributed by atoms with Crippen LogP contribution in [-0.4, -0.2) is 20.1 Å². The highest BCUT2D eigenvalue weighted by Crippen LogP contribution is 2.15. The SMILES string of the molecule is CC[C@@H](N)c1nc(-c2ncc(C)cn2)no1.